The van der Waals surface area contributed by atoms with Gasteiger partial charge in [-0.1, -0.05) is 308 Å². The lowest BCUT2D eigenvalue weighted by molar-refractivity contribution is -0.143. The van der Waals surface area contributed by atoms with Gasteiger partial charge in [-0.3, -0.25) is 9.59 Å². The summed E-state index contributed by atoms with van der Waals surface area (Å²) < 4.78 is 5.49. The molecular formula is C68H131NO5. The predicted molar refractivity (Wildman–Crippen MR) is 324 cm³/mol. The number of carbonyl (C=O) groups excluding carboxylic acids is 2. The molecule has 2 unspecified atom stereocenters. The highest BCUT2D eigenvalue weighted by atomic mass is 16.5. The number of ether oxygens (including phenoxy) is 1. The fourth-order valence-corrected chi connectivity index (χ4v) is 10.6. The Kier molecular flexibility index (Phi) is 62.4. The molecule has 0 saturated carbocycles. The molecule has 0 radical (unpaired) electrons. The Morgan fingerprint density at radius 2 is 0.635 bits per heavy atom. The molecule has 0 saturated heterocycles. The van der Waals surface area contributed by atoms with Crippen LogP contribution in [0.1, 0.15) is 373 Å². The summed E-state index contributed by atoms with van der Waals surface area (Å²) in [5.74, 6) is -0.0228. The Morgan fingerprint density at radius 3 is 0.959 bits per heavy atom. The predicted octanol–water partition coefficient (Wildman–Crippen LogP) is 21.4. The lowest BCUT2D eigenvalue weighted by Gasteiger charge is -2.22. The van der Waals surface area contributed by atoms with E-state index in [-0.39, 0.29) is 18.5 Å². The van der Waals surface area contributed by atoms with E-state index in [1.165, 1.54) is 295 Å². The standard InChI is InChI=1S/C68H131NO5/c1-3-5-7-9-11-13-15-17-34-38-42-46-50-54-58-62-68(73)74-63-59-55-51-47-43-39-36-33-31-29-27-25-23-21-19-18-20-22-24-26-28-30-32-35-37-41-45-49-53-57-61-67(72)69-65(64-70)66(71)60-56-52-48-44-40-16-14-12-10-8-6-4-2/h17,19,21,34,65-66,70-71H,3-16,18,20,22-33,35-64H2,1-2H3,(H,69,72)/b21-19-,34-17-. The summed E-state index contributed by atoms with van der Waals surface area (Å²) in [5, 5.41) is 23.2. The smallest absolute Gasteiger partial charge is 0.305 e. The molecule has 0 aromatic carbocycles. The molecule has 0 heterocycles. The number of carbonyl (C=O) groups is 2. The van der Waals surface area contributed by atoms with Gasteiger partial charge in [0.2, 0.25) is 5.91 Å². The highest BCUT2D eigenvalue weighted by Crippen LogP contribution is 2.18. The average molecular weight is 1040 g/mol. The topological polar surface area (TPSA) is 95.9 Å². The molecule has 0 aromatic rings. The van der Waals surface area contributed by atoms with Gasteiger partial charge in [-0.15, -0.1) is 0 Å². The molecule has 0 fully saturated rings. The van der Waals surface area contributed by atoms with E-state index >= 15 is 0 Å². The maximum absolute atomic E-state index is 12.5. The van der Waals surface area contributed by atoms with Crippen molar-refractivity contribution in [1.82, 2.24) is 5.32 Å². The third-order valence-electron chi connectivity index (χ3n) is 15.7. The molecule has 0 aliphatic heterocycles. The normalized spacial score (nSPS) is 12.6. The number of hydrogen-bond acceptors (Lipinski definition) is 5. The maximum Gasteiger partial charge on any atom is 0.305 e. The molecule has 438 valence electrons. The highest BCUT2D eigenvalue weighted by molar-refractivity contribution is 5.76. The van der Waals surface area contributed by atoms with Gasteiger partial charge in [0.1, 0.15) is 0 Å². The van der Waals surface area contributed by atoms with Gasteiger partial charge in [0.05, 0.1) is 25.4 Å². The Hall–Kier alpha value is -1.66. The Labute approximate surface area is 462 Å². The van der Waals surface area contributed by atoms with Gasteiger partial charge in [-0.05, 0) is 77.0 Å². The Morgan fingerprint density at radius 1 is 0.365 bits per heavy atom. The van der Waals surface area contributed by atoms with Crippen LogP contribution >= 0.6 is 0 Å². The average Bonchev–Trinajstić information content (AvgIpc) is 3.40. The van der Waals surface area contributed by atoms with Gasteiger partial charge in [-0.25, -0.2) is 0 Å². The van der Waals surface area contributed by atoms with E-state index in [4.69, 9.17) is 4.74 Å². The third kappa shape index (κ3) is 59.6. The van der Waals surface area contributed by atoms with Crippen LogP contribution < -0.4 is 5.32 Å². The molecule has 3 N–H and O–H groups in total. The van der Waals surface area contributed by atoms with Crippen molar-refractivity contribution in [3.05, 3.63) is 24.3 Å². The van der Waals surface area contributed by atoms with Gasteiger partial charge in [0.15, 0.2) is 0 Å². The second-order valence-electron chi connectivity index (χ2n) is 23.1. The van der Waals surface area contributed by atoms with Crippen LogP contribution in [0.3, 0.4) is 0 Å². The second-order valence-corrected chi connectivity index (χ2v) is 23.1. The number of rotatable bonds is 63. The van der Waals surface area contributed by atoms with Crippen molar-refractivity contribution in [3.63, 3.8) is 0 Å². The van der Waals surface area contributed by atoms with Crippen molar-refractivity contribution in [1.29, 1.82) is 0 Å². The number of aliphatic hydroxyl groups excluding tert-OH is 2. The van der Waals surface area contributed by atoms with Gasteiger partial charge in [-0.2, -0.15) is 0 Å². The number of esters is 1. The first-order valence-electron chi connectivity index (χ1n) is 33.6. The van der Waals surface area contributed by atoms with Crippen LogP contribution in [0.2, 0.25) is 0 Å². The summed E-state index contributed by atoms with van der Waals surface area (Å²) in [5.41, 5.74) is 0. The van der Waals surface area contributed by atoms with E-state index in [1.54, 1.807) is 0 Å². The summed E-state index contributed by atoms with van der Waals surface area (Å²) in [6.07, 6.45) is 79.3. The zero-order chi connectivity index (χ0) is 53.6. The van der Waals surface area contributed by atoms with E-state index in [2.05, 4.69) is 43.5 Å². The summed E-state index contributed by atoms with van der Waals surface area (Å²) >= 11 is 0. The van der Waals surface area contributed by atoms with Gasteiger partial charge in [0.25, 0.3) is 0 Å². The molecule has 6 heteroatoms. The van der Waals surface area contributed by atoms with Crippen molar-refractivity contribution < 1.29 is 24.5 Å². The minimum absolute atomic E-state index is 0.00959. The third-order valence-corrected chi connectivity index (χ3v) is 15.7. The molecular weight excluding hydrogens is 911 g/mol. The fraction of sp³-hybridized carbons (Fsp3) is 0.912. The molecule has 2 atom stereocenters. The number of unbranched alkanes of at least 4 members (excludes halogenated alkanes) is 48. The first-order valence-corrected chi connectivity index (χ1v) is 33.6. The number of allylic oxidation sites excluding steroid dienone is 4. The van der Waals surface area contributed by atoms with Crippen molar-refractivity contribution in [2.24, 2.45) is 0 Å². The molecule has 1 amide bonds. The quantitative estimate of drug-likeness (QED) is 0.0320. The fourth-order valence-electron chi connectivity index (χ4n) is 10.6. The lowest BCUT2D eigenvalue weighted by Crippen LogP contribution is -2.45. The van der Waals surface area contributed by atoms with Crippen LogP contribution in [0, 0.1) is 0 Å². The summed E-state index contributed by atoms with van der Waals surface area (Å²) in [6.45, 7) is 4.96. The number of aliphatic hydroxyl groups is 2. The van der Waals surface area contributed by atoms with Gasteiger partial charge >= 0.3 is 5.97 Å². The van der Waals surface area contributed by atoms with E-state index in [0.717, 1.165) is 44.9 Å². The molecule has 0 aliphatic rings. The molecule has 0 spiro atoms. The summed E-state index contributed by atoms with van der Waals surface area (Å²) in [4.78, 5) is 24.5. The van der Waals surface area contributed by atoms with Crippen molar-refractivity contribution >= 4 is 11.9 Å². The van der Waals surface area contributed by atoms with Crippen LogP contribution in [0.25, 0.3) is 0 Å². The van der Waals surface area contributed by atoms with E-state index < -0.39 is 12.1 Å². The number of amides is 1. The largest absolute Gasteiger partial charge is 0.466 e. The monoisotopic (exact) mass is 1040 g/mol. The number of hydrogen-bond donors (Lipinski definition) is 3. The van der Waals surface area contributed by atoms with E-state index in [0.29, 0.717) is 25.9 Å². The van der Waals surface area contributed by atoms with Gasteiger partial charge < -0.3 is 20.3 Å². The first kappa shape index (κ1) is 72.3. The summed E-state index contributed by atoms with van der Waals surface area (Å²) in [7, 11) is 0. The zero-order valence-corrected chi connectivity index (χ0v) is 50.1. The minimum Gasteiger partial charge on any atom is -0.466 e. The van der Waals surface area contributed by atoms with Crippen molar-refractivity contribution in [2.75, 3.05) is 13.2 Å². The van der Waals surface area contributed by atoms with Crippen molar-refractivity contribution in [2.45, 2.75) is 386 Å². The van der Waals surface area contributed by atoms with Crippen LogP contribution in [-0.4, -0.2) is 47.4 Å². The Balaban J connectivity index is 3.34. The van der Waals surface area contributed by atoms with Crippen LogP contribution in [-0.2, 0) is 14.3 Å². The number of nitrogens with one attached hydrogen (secondary N) is 1. The van der Waals surface area contributed by atoms with E-state index in [9.17, 15) is 19.8 Å². The lowest BCUT2D eigenvalue weighted by atomic mass is 10.0. The van der Waals surface area contributed by atoms with E-state index in [1.807, 2.05) is 0 Å². The highest BCUT2D eigenvalue weighted by Gasteiger charge is 2.20. The molecule has 0 bridgehead atoms. The zero-order valence-electron chi connectivity index (χ0n) is 50.1. The molecule has 74 heavy (non-hydrogen) atoms. The van der Waals surface area contributed by atoms with Crippen LogP contribution in [0.5, 0.6) is 0 Å². The first-order chi connectivity index (χ1) is 36.5. The maximum atomic E-state index is 12.5. The molecule has 6 nitrogen and oxygen atoms in total. The van der Waals surface area contributed by atoms with Crippen LogP contribution in [0.4, 0.5) is 0 Å². The summed E-state index contributed by atoms with van der Waals surface area (Å²) in [6, 6.07) is -0.539. The minimum atomic E-state index is -0.662. The molecule has 0 aromatic heterocycles. The van der Waals surface area contributed by atoms with Crippen LogP contribution in [0.15, 0.2) is 24.3 Å². The Bertz CT molecular complexity index is 1150. The second kappa shape index (κ2) is 63.9. The SMILES string of the molecule is CCCCCCCC/C=C\CCCCCCCC(=O)OCCCCCCCCCCCCCC/C=C\CCCCCCCCCCCCCCCCC(=O)NC(CO)C(O)CCCCCCCCCCCCCC. The molecule has 0 aliphatic carbocycles. The van der Waals surface area contributed by atoms with Crippen molar-refractivity contribution in [3.8, 4) is 0 Å². The van der Waals surface area contributed by atoms with Gasteiger partial charge in [0, 0.05) is 12.8 Å². The molecule has 0 rings (SSSR count).